The molecular weight excluding hydrogens is 197 g/mol. The zero-order chi connectivity index (χ0) is 10.4. The van der Waals surface area contributed by atoms with Gasteiger partial charge in [-0.2, -0.15) is 11.8 Å². The van der Waals surface area contributed by atoms with E-state index in [1.807, 2.05) is 6.07 Å². The predicted molar refractivity (Wildman–Crippen MR) is 61.2 cm³/mol. The molecule has 0 aliphatic rings. The van der Waals surface area contributed by atoms with Crippen molar-refractivity contribution in [2.45, 2.75) is 13.0 Å². The summed E-state index contributed by atoms with van der Waals surface area (Å²) in [5, 5.41) is 3.34. The van der Waals surface area contributed by atoms with Crippen molar-refractivity contribution in [2.24, 2.45) is 0 Å². The van der Waals surface area contributed by atoms with Crippen LogP contribution in [0.1, 0.15) is 18.5 Å². The minimum absolute atomic E-state index is 0.166. The minimum Gasteiger partial charge on any atom is -0.309 e. The molecule has 0 bridgehead atoms. The van der Waals surface area contributed by atoms with E-state index < -0.39 is 0 Å². The van der Waals surface area contributed by atoms with Gasteiger partial charge in [0.1, 0.15) is 5.82 Å². The first-order valence-corrected chi connectivity index (χ1v) is 6.11. The lowest BCUT2D eigenvalue weighted by Crippen LogP contribution is -2.21. The van der Waals surface area contributed by atoms with Gasteiger partial charge in [0, 0.05) is 18.3 Å². The van der Waals surface area contributed by atoms with Gasteiger partial charge in [-0.25, -0.2) is 4.39 Å². The molecular formula is C11H16FNS. The molecule has 0 spiro atoms. The molecule has 78 valence electrons. The third kappa shape index (κ3) is 3.68. The molecule has 0 aliphatic carbocycles. The Bertz CT molecular complexity index is 278. The van der Waals surface area contributed by atoms with Crippen molar-refractivity contribution in [3.63, 3.8) is 0 Å². The van der Waals surface area contributed by atoms with Gasteiger partial charge in [0.2, 0.25) is 0 Å². The molecule has 1 rings (SSSR count). The average molecular weight is 213 g/mol. The van der Waals surface area contributed by atoms with Crippen LogP contribution in [0.15, 0.2) is 24.3 Å². The normalized spacial score (nSPS) is 12.8. The fraction of sp³-hybridized carbons (Fsp3) is 0.455. The van der Waals surface area contributed by atoms with Gasteiger partial charge in [-0.15, -0.1) is 0 Å². The summed E-state index contributed by atoms with van der Waals surface area (Å²) in [4.78, 5) is 0. The Hall–Kier alpha value is -0.540. The van der Waals surface area contributed by atoms with E-state index in [2.05, 4.69) is 18.5 Å². The molecule has 0 unspecified atom stereocenters. The van der Waals surface area contributed by atoms with Gasteiger partial charge < -0.3 is 5.32 Å². The Balaban J connectivity index is 2.47. The second kappa shape index (κ2) is 6.04. The van der Waals surface area contributed by atoms with Crippen molar-refractivity contribution in [3.8, 4) is 0 Å². The van der Waals surface area contributed by atoms with Gasteiger partial charge in [-0.3, -0.25) is 0 Å². The lowest BCUT2D eigenvalue weighted by atomic mass is 10.1. The van der Waals surface area contributed by atoms with Crippen LogP contribution in [0.4, 0.5) is 4.39 Å². The molecule has 1 nitrogen and oxygen atoms in total. The van der Waals surface area contributed by atoms with Crippen molar-refractivity contribution >= 4 is 11.8 Å². The van der Waals surface area contributed by atoms with Gasteiger partial charge in [0.25, 0.3) is 0 Å². The maximum atomic E-state index is 12.9. The van der Waals surface area contributed by atoms with E-state index in [4.69, 9.17) is 0 Å². The molecule has 0 aliphatic heterocycles. The summed E-state index contributed by atoms with van der Waals surface area (Å²) < 4.78 is 12.9. The number of thioether (sulfide) groups is 1. The minimum atomic E-state index is -0.166. The summed E-state index contributed by atoms with van der Waals surface area (Å²) >= 11 is 1.81. The van der Waals surface area contributed by atoms with Gasteiger partial charge >= 0.3 is 0 Å². The molecule has 0 saturated heterocycles. The van der Waals surface area contributed by atoms with E-state index in [-0.39, 0.29) is 11.9 Å². The average Bonchev–Trinajstić information content (AvgIpc) is 2.18. The number of hydrogen-bond donors (Lipinski definition) is 1. The maximum absolute atomic E-state index is 12.9. The number of rotatable bonds is 5. The molecule has 0 saturated carbocycles. The molecule has 0 fully saturated rings. The highest BCUT2D eigenvalue weighted by Crippen LogP contribution is 2.13. The first kappa shape index (κ1) is 11.5. The van der Waals surface area contributed by atoms with Crippen molar-refractivity contribution in [3.05, 3.63) is 35.6 Å². The number of halogens is 1. The Morgan fingerprint density at radius 1 is 1.50 bits per heavy atom. The Labute approximate surface area is 89.1 Å². The van der Waals surface area contributed by atoms with Crippen molar-refractivity contribution in [1.29, 1.82) is 0 Å². The topological polar surface area (TPSA) is 12.0 Å². The Morgan fingerprint density at radius 3 is 2.93 bits per heavy atom. The molecule has 0 radical (unpaired) electrons. The summed E-state index contributed by atoms with van der Waals surface area (Å²) in [5.74, 6) is 0.917. The van der Waals surface area contributed by atoms with Crippen LogP contribution in [0.2, 0.25) is 0 Å². The zero-order valence-corrected chi connectivity index (χ0v) is 9.40. The van der Waals surface area contributed by atoms with Crippen LogP contribution in [0.3, 0.4) is 0 Å². The van der Waals surface area contributed by atoms with Crippen LogP contribution in [-0.4, -0.2) is 18.6 Å². The molecule has 1 aromatic rings. The highest BCUT2D eigenvalue weighted by Gasteiger charge is 2.04. The molecule has 0 heterocycles. The highest BCUT2D eigenvalue weighted by atomic mass is 32.2. The predicted octanol–water partition coefficient (Wildman–Crippen LogP) is 2.84. The van der Waals surface area contributed by atoms with Crippen molar-refractivity contribution in [1.82, 2.24) is 5.32 Å². The van der Waals surface area contributed by atoms with Gasteiger partial charge in [0.05, 0.1) is 0 Å². The van der Waals surface area contributed by atoms with E-state index in [1.54, 1.807) is 23.9 Å². The van der Waals surface area contributed by atoms with E-state index in [0.29, 0.717) is 0 Å². The van der Waals surface area contributed by atoms with Gasteiger partial charge in [-0.05, 0) is 30.9 Å². The largest absolute Gasteiger partial charge is 0.309 e. The van der Waals surface area contributed by atoms with Crippen LogP contribution in [0, 0.1) is 5.82 Å². The Morgan fingerprint density at radius 2 is 2.29 bits per heavy atom. The molecule has 1 atom stereocenters. The highest BCUT2D eigenvalue weighted by molar-refractivity contribution is 7.98. The summed E-state index contributed by atoms with van der Waals surface area (Å²) in [6, 6.07) is 6.96. The third-order valence-electron chi connectivity index (χ3n) is 2.11. The Kier molecular flexibility index (Phi) is 4.98. The summed E-state index contributed by atoms with van der Waals surface area (Å²) in [6.45, 7) is 3.01. The van der Waals surface area contributed by atoms with E-state index in [1.165, 1.54) is 6.07 Å². The van der Waals surface area contributed by atoms with E-state index >= 15 is 0 Å². The second-order valence-corrected chi connectivity index (χ2v) is 4.21. The molecule has 1 N–H and O–H groups in total. The number of hydrogen-bond acceptors (Lipinski definition) is 2. The van der Waals surface area contributed by atoms with Crippen LogP contribution in [0.25, 0.3) is 0 Å². The summed E-state index contributed by atoms with van der Waals surface area (Å²) in [6.07, 6.45) is 2.08. The van der Waals surface area contributed by atoms with Crippen molar-refractivity contribution < 1.29 is 4.39 Å². The monoisotopic (exact) mass is 213 g/mol. The summed E-state index contributed by atoms with van der Waals surface area (Å²) in [7, 11) is 0. The molecule has 0 amide bonds. The molecule has 0 aromatic heterocycles. The van der Waals surface area contributed by atoms with Gasteiger partial charge in [0.15, 0.2) is 0 Å². The van der Waals surface area contributed by atoms with E-state index in [9.17, 15) is 4.39 Å². The van der Waals surface area contributed by atoms with Gasteiger partial charge in [-0.1, -0.05) is 12.1 Å². The van der Waals surface area contributed by atoms with Crippen LogP contribution in [0.5, 0.6) is 0 Å². The van der Waals surface area contributed by atoms with E-state index in [0.717, 1.165) is 17.9 Å². The van der Waals surface area contributed by atoms with Crippen LogP contribution >= 0.6 is 11.8 Å². The fourth-order valence-electron chi connectivity index (χ4n) is 1.27. The molecule has 14 heavy (non-hydrogen) atoms. The quantitative estimate of drug-likeness (QED) is 0.755. The van der Waals surface area contributed by atoms with Crippen LogP contribution < -0.4 is 5.32 Å². The fourth-order valence-corrected chi connectivity index (χ4v) is 1.59. The zero-order valence-electron chi connectivity index (χ0n) is 8.59. The smallest absolute Gasteiger partial charge is 0.123 e. The standard InChI is InChI=1S/C11H16FNS/c1-9(13-6-7-14-2)10-4-3-5-11(12)8-10/h3-5,8-9,13H,6-7H2,1-2H3/t9-/m0/s1. The summed E-state index contributed by atoms with van der Waals surface area (Å²) in [5.41, 5.74) is 1.01. The molecule has 1 aromatic carbocycles. The van der Waals surface area contributed by atoms with Crippen LogP contribution in [-0.2, 0) is 0 Å². The lowest BCUT2D eigenvalue weighted by Gasteiger charge is -2.13. The maximum Gasteiger partial charge on any atom is 0.123 e. The first-order chi connectivity index (χ1) is 6.74. The van der Waals surface area contributed by atoms with Crippen molar-refractivity contribution in [2.75, 3.05) is 18.6 Å². The number of benzene rings is 1. The number of nitrogens with one attached hydrogen (secondary N) is 1. The first-order valence-electron chi connectivity index (χ1n) is 4.72. The second-order valence-electron chi connectivity index (χ2n) is 3.22. The third-order valence-corrected chi connectivity index (χ3v) is 2.72. The molecule has 3 heteroatoms. The SMILES string of the molecule is CSCCN[C@@H](C)c1cccc(F)c1. The lowest BCUT2D eigenvalue weighted by molar-refractivity contribution is 0.585.